The van der Waals surface area contributed by atoms with Gasteiger partial charge in [-0.3, -0.25) is 9.10 Å². The highest BCUT2D eigenvalue weighted by Gasteiger charge is 2.22. The summed E-state index contributed by atoms with van der Waals surface area (Å²) >= 11 is 0. The van der Waals surface area contributed by atoms with Crippen LogP contribution in [0.1, 0.15) is 13.8 Å². The van der Waals surface area contributed by atoms with Gasteiger partial charge in [0, 0.05) is 12.1 Å². The van der Waals surface area contributed by atoms with Crippen molar-refractivity contribution in [2.45, 2.75) is 20.0 Å². The van der Waals surface area contributed by atoms with E-state index in [-0.39, 0.29) is 6.10 Å². The Morgan fingerprint density at radius 3 is 2.38 bits per heavy atom. The summed E-state index contributed by atoms with van der Waals surface area (Å²) in [6, 6.07) is 11.5. The first-order chi connectivity index (χ1) is 13.6. The van der Waals surface area contributed by atoms with Crippen LogP contribution in [0.15, 0.2) is 42.5 Å². The van der Waals surface area contributed by atoms with E-state index in [1.165, 1.54) is 14.2 Å². The number of nitrogens with zero attached hydrogens (tertiary/aromatic N) is 1. The Hall–Kier alpha value is -2.94. The van der Waals surface area contributed by atoms with Crippen molar-refractivity contribution < 1.29 is 27.4 Å². The molecule has 0 aliphatic carbocycles. The van der Waals surface area contributed by atoms with Gasteiger partial charge in [0.1, 0.15) is 23.8 Å². The molecule has 0 bridgehead atoms. The summed E-state index contributed by atoms with van der Waals surface area (Å²) in [5.74, 6) is 0.940. The van der Waals surface area contributed by atoms with E-state index >= 15 is 0 Å². The lowest BCUT2D eigenvalue weighted by molar-refractivity contribution is -0.114. The van der Waals surface area contributed by atoms with Gasteiger partial charge < -0.3 is 19.5 Å². The molecule has 0 unspecified atom stereocenters. The minimum Gasteiger partial charge on any atom is -0.497 e. The van der Waals surface area contributed by atoms with Gasteiger partial charge in [-0.25, -0.2) is 8.42 Å². The molecular weight excluding hydrogens is 396 g/mol. The fourth-order valence-electron chi connectivity index (χ4n) is 2.62. The second-order valence-electron chi connectivity index (χ2n) is 6.55. The summed E-state index contributed by atoms with van der Waals surface area (Å²) in [6.45, 7) is 3.33. The van der Waals surface area contributed by atoms with Crippen LogP contribution in [-0.2, 0) is 14.8 Å². The second-order valence-corrected chi connectivity index (χ2v) is 8.45. The van der Waals surface area contributed by atoms with Crippen molar-refractivity contribution in [2.24, 2.45) is 0 Å². The van der Waals surface area contributed by atoms with Crippen molar-refractivity contribution in [2.75, 3.05) is 36.6 Å². The molecule has 0 aliphatic heterocycles. The van der Waals surface area contributed by atoms with Crippen molar-refractivity contribution in [3.8, 4) is 17.2 Å². The van der Waals surface area contributed by atoms with Crippen LogP contribution < -0.4 is 23.8 Å². The lowest BCUT2D eigenvalue weighted by Crippen LogP contribution is -2.37. The molecule has 0 saturated heterocycles. The first-order valence-electron chi connectivity index (χ1n) is 8.90. The smallest absolute Gasteiger partial charge is 0.245 e. The van der Waals surface area contributed by atoms with Crippen molar-refractivity contribution in [1.29, 1.82) is 0 Å². The van der Waals surface area contributed by atoms with Crippen LogP contribution >= 0.6 is 0 Å². The van der Waals surface area contributed by atoms with Gasteiger partial charge in [-0.15, -0.1) is 0 Å². The van der Waals surface area contributed by atoms with E-state index in [9.17, 15) is 13.2 Å². The summed E-state index contributed by atoms with van der Waals surface area (Å²) in [5.41, 5.74) is 0.709. The van der Waals surface area contributed by atoms with Gasteiger partial charge in [-0.2, -0.15) is 0 Å². The molecule has 2 aromatic rings. The summed E-state index contributed by atoms with van der Waals surface area (Å²) in [7, 11) is -0.740. The number of benzene rings is 2. The quantitative estimate of drug-likeness (QED) is 0.668. The topological polar surface area (TPSA) is 94.2 Å². The van der Waals surface area contributed by atoms with E-state index in [1.807, 2.05) is 13.8 Å². The van der Waals surface area contributed by atoms with Crippen LogP contribution in [0.4, 0.5) is 11.4 Å². The Morgan fingerprint density at radius 2 is 1.79 bits per heavy atom. The predicted molar refractivity (Wildman–Crippen MR) is 113 cm³/mol. The fourth-order valence-corrected chi connectivity index (χ4v) is 3.46. The Morgan fingerprint density at radius 1 is 1.07 bits per heavy atom. The maximum atomic E-state index is 12.6. The maximum Gasteiger partial charge on any atom is 0.245 e. The third-order valence-corrected chi connectivity index (χ3v) is 4.99. The number of nitrogens with one attached hydrogen (secondary N) is 1. The molecule has 0 saturated carbocycles. The van der Waals surface area contributed by atoms with Gasteiger partial charge in [0.05, 0.1) is 38.0 Å². The number of hydrogen-bond acceptors (Lipinski definition) is 6. The van der Waals surface area contributed by atoms with E-state index in [0.717, 1.165) is 10.6 Å². The molecule has 2 rings (SSSR count). The summed E-state index contributed by atoms with van der Waals surface area (Å²) < 4.78 is 41.7. The van der Waals surface area contributed by atoms with Crippen molar-refractivity contribution >= 4 is 27.3 Å². The first-order valence-corrected chi connectivity index (χ1v) is 10.7. The Balaban J connectivity index is 2.27. The van der Waals surface area contributed by atoms with Crippen LogP contribution in [0.3, 0.4) is 0 Å². The zero-order valence-electron chi connectivity index (χ0n) is 17.1. The predicted octanol–water partition coefficient (Wildman–Crippen LogP) is 2.90. The van der Waals surface area contributed by atoms with Crippen LogP contribution in [-0.4, -0.2) is 47.4 Å². The lowest BCUT2D eigenvalue weighted by Gasteiger charge is -2.23. The highest BCUT2D eigenvalue weighted by Crippen LogP contribution is 2.29. The number of sulfonamides is 1. The number of methoxy groups -OCH3 is 2. The highest BCUT2D eigenvalue weighted by atomic mass is 32.2. The average molecular weight is 423 g/mol. The molecule has 29 heavy (non-hydrogen) atoms. The molecule has 1 amide bonds. The van der Waals surface area contributed by atoms with E-state index < -0.39 is 22.5 Å². The highest BCUT2D eigenvalue weighted by molar-refractivity contribution is 7.92. The second kappa shape index (κ2) is 9.51. The maximum absolute atomic E-state index is 12.6. The Bertz CT molecular complexity index is 959. The van der Waals surface area contributed by atoms with Gasteiger partial charge in [-0.1, -0.05) is 6.07 Å². The minimum absolute atomic E-state index is 0.0687. The van der Waals surface area contributed by atoms with Crippen molar-refractivity contribution in [3.05, 3.63) is 42.5 Å². The summed E-state index contributed by atoms with van der Waals surface area (Å²) in [5, 5.41) is 2.67. The molecule has 1 N–H and O–H groups in total. The third kappa shape index (κ3) is 6.28. The average Bonchev–Trinajstić information content (AvgIpc) is 2.64. The van der Waals surface area contributed by atoms with Gasteiger partial charge in [-0.05, 0) is 38.1 Å². The third-order valence-electron chi connectivity index (χ3n) is 3.85. The number of rotatable bonds is 9. The zero-order chi connectivity index (χ0) is 21.6. The number of amides is 1. The Kier molecular flexibility index (Phi) is 7.33. The molecule has 0 atom stereocenters. The van der Waals surface area contributed by atoms with E-state index in [2.05, 4.69) is 5.32 Å². The lowest BCUT2D eigenvalue weighted by atomic mass is 10.2. The fraction of sp³-hybridized carbons (Fsp3) is 0.350. The zero-order valence-corrected chi connectivity index (χ0v) is 17.9. The number of carbonyl (C=O) groups excluding carboxylic acids is 1. The summed E-state index contributed by atoms with van der Waals surface area (Å²) in [6.07, 6.45) is 0.975. The van der Waals surface area contributed by atoms with Crippen molar-refractivity contribution in [3.63, 3.8) is 0 Å². The molecule has 0 aliphatic rings. The van der Waals surface area contributed by atoms with E-state index in [4.69, 9.17) is 14.2 Å². The normalized spacial score (nSPS) is 11.1. The standard InChI is InChI=1S/C20H26N2O6S/c1-14(2)28-17-8-6-7-15(11-17)22(29(5,24)25)13-20(23)21-18-12-16(26-3)9-10-19(18)27-4/h6-12,14H,13H2,1-5H3,(H,21,23). The molecule has 2 aromatic carbocycles. The minimum atomic E-state index is -3.72. The largest absolute Gasteiger partial charge is 0.497 e. The number of carbonyl (C=O) groups is 1. The van der Waals surface area contributed by atoms with E-state index in [0.29, 0.717) is 28.6 Å². The molecular formula is C20H26N2O6S. The van der Waals surface area contributed by atoms with Crippen LogP contribution in [0.2, 0.25) is 0 Å². The SMILES string of the molecule is COc1ccc(OC)c(NC(=O)CN(c2cccc(OC(C)C)c2)S(C)(=O)=O)c1. The number of ether oxygens (including phenoxy) is 3. The van der Waals surface area contributed by atoms with Gasteiger partial charge in [0.25, 0.3) is 0 Å². The molecule has 9 heteroatoms. The van der Waals surface area contributed by atoms with Crippen LogP contribution in [0.5, 0.6) is 17.2 Å². The van der Waals surface area contributed by atoms with E-state index in [1.54, 1.807) is 42.5 Å². The van der Waals surface area contributed by atoms with Gasteiger partial charge in [0.15, 0.2) is 0 Å². The number of hydrogen-bond donors (Lipinski definition) is 1. The van der Waals surface area contributed by atoms with Gasteiger partial charge in [0.2, 0.25) is 15.9 Å². The molecule has 158 valence electrons. The van der Waals surface area contributed by atoms with Crippen LogP contribution in [0, 0.1) is 0 Å². The number of anilines is 2. The molecule has 8 nitrogen and oxygen atoms in total. The monoisotopic (exact) mass is 422 g/mol. The first kappa shape index (κ1) is 22.4. The molecule has 0 heterocycles. The molecule has 0 fully saturated rings. The van der Waals surface area contributed by atoms with Gasteiger partial charge >= 0.3 is 0 Å². The van der Waals surface area contributed by atoms with Crippen LogP contribution in [0.25, 0.3) is 0 Å². The molecule has 0 radical (unpaired) electrons. The Labute approximate surface area is 171 Å². The summed E-state index contributed by atoms with van der Waals surface area (Å²) in [4.78, 5) is 12.6. The van der Waals surface area contributed by atoms with Crippen molar-refractivity contribution in [1.82, 2.24) is 0 Å². The molecule has 0 spiro atoms. The molecule has 0 aromatic heterocycles.